The molecule has 0 radical (unpaired) electrons. The van der Waals surface area contributed by atoms with Crippen LogP contribution < -0.4 is 5.73 Å². The SMILES string of the molecule is CC(N)C(O)c1ccc(F)c([N+](=O)[O-])c1. The largest absolute Gasteiger partial charge is 0.387 e. The number of nitrogens with two attached hydrogens (primary N) is 1. The topological polar surface area (TPSA) is 89.4 Å². The summed E-state index contributed by atoms with van der Waals surface area (Å²) in [5.74, 6) is -0.930. The zero-order chi connectivity index (χ0) is 11.6. The third-order valence-electron chi connectivity index (χ3n) is 2.01. The average Bonchev–Trinajstić information content (AvgIpc) is 2.16. The van der Waals surface area contributed by atoms with E-state index in [0.29, 0.717) is 0 Å². The quantitative estimate of drug-likeness (QED) is 0.582. The van der Waals surface area contributed by atoms with Crippen molar-refractivity contribution < 1.29 is 14.4 Å². The smallest absolute Gasteiger partial charge is 0.305 e. The molecule has 0 saturated heterocycles. The maximum atomic E-state index is 12.9. The van der Waals surface area contributed by atoms with Crippen molar-refractivity contribution in [2.75, 3.05) is 0 Å². The standard InChI is InChI=1S/C9H11FN2O3/c1-5(11)9(13)6-2-3-7(10)8(4-6)12(14)15/h2-5,9,13H,11H2,1H3. The minimum absolute atomic E-state index is 0.234. The van der Waals surface area contributed by atoms with E-state index in [0.717, 1.165) is 12.1 Å². The lowest BCUT2D eigenvalue weighted by Crippen LogP contribution is -2.24. The molecular formula is C9H11FN2O3. The van der Waals surface area contributed by atoms with Gasteiger partial charge in [0.2, 0.25) is 5.82 Å². The highest BCUT2D eigenvalue weighted by Gasteiger charge is 2.19. The van der Waals surface area contributed by atoms with E-state index in [4.69, 9.17) is 5.73 Å². The number of aliphatic hydroxyl groups excluding tert-OH is 1. The summed E-state index contributed by atoms with van der Waals surface area (Å²) in [6.07, 6.45) is -1.04. The Hall–Kier alpha value is -1.53. The molecule has 2 atom stereocenters. The van der Waals surface area contributed by atoms with E-state index in [1.165, 1.54) is 6.07 Å². The van der Waals surface area contributed by atoms with Crippen LogP contribution in [0.1, 0.15) is 18.6 Å². The van der Waals surface area contributed by atoms with Gasteiger partial charge in [0.05, 0.1) is 11.0 Å². The summed E-state index contributed by atoms with van der Waals surface area (Å²) in [6, 6.07) is 2.63. The van der Waals surface area contributed by atoms with Crippen LogP contribution in [0.5, 0.6) is 0 Å². The predicted molar refractivity (Wildman–Crippen MR) is 51.7 cm³/mol. The highest BCUT2D eigenvalue weighted by atomic mass is 19.1. The summed E-state index contributed by atoms with van der Waals surface area (Å²) in [7, 11) is 0. The van der Waals surface area contributed by atoms with Gasteiger partial charge in [-0.05, 0) is 18.6 Å². The third-order valence-corrected chi connectivity index (χ3v) is 2.01. The van der Waals surface area contributed by atoms with Crippen LogP contribution in [0.4, 0.5) is 10.1 Å². The molecule has 0 bridgehead atoms. The van der Waals surface area contributed by atoms with Crippen molar-refractivity contribution in [3.05, 3.63) is 39.7 Å². The van der Waals surface area contributed by atoms with Gasteiger partial charge in [-0.2, -0.15) is 4.39 Å². The Kier molecular flexibility index (Phi) is 3.33. The summed E-state index contributed by atoms with van der Waals surface area (Å²) >= 11 is 0. The van der Waals surface area contributed by atoms with E-state index < -0.39 is 28.6 Å². The number of halogens is 1. The van der Waals surface area contributed by atoms with Gasteiger partial charge < -0.3 is 10.8 Å². The predicted octanol–water partition coefficient (Wildman–Crippen LogP) is 1.11. The molecule has 5 nitrogen and oxygen atoms in total. The van der Waals surface area contributed by atoms with E-state index in [2.05, 4.69) is 0 Å². The fourth-order valence-corrected chi connectivity index (χ4v) is 1.16. The molecule has 2 unspecified atom stereocenters. The van der Waals surface area contributed by atoms with E-state index >= 15 is 0 Å². The number of hydrogen-bond acceptors (Lipinski definition) is 4. The van der Waals surface area contributed by atoms with Crippen molar-refractivity contribution in [3.8, 4) is 0 Å². The van der Waals surface area contributed by atoms with E-state index in [1.54, 1.807) is 6.92 Å². The van der Waals surface area contributed by atoms with Crippen molar-refractivity contribution in [1.82, 2.24) is 0 Å². The van der Waals surface area contributed by atoms with Crippen molar-refractivity contribution in [2.24, 2.45) is 5.73 Å². The monoisotopic (exact) mass is 214 g/mol. The third kappa shape index (κ3) is 2.48. The van der Waals surface area contributed by atoms with Gasteiger partial charge >= 0.3 is 5.69 Å². The molecule has 0 amide bonds. The number of nitro groups is 1. The molecule has 0 saturated carbocycles. The van der Waals surface area contributed by atoms with E-state index in [1.807, 2.05) is 0 Å². The Morgan fingerprint density at radius 3 is 2.67 bits per heavy atom. The zero-order valence-corrected chi connectivity index (χ0v) is 8.05. The molecule has 0 heterocycles. The molecule has 0 aromatic heterocycles. The van der Waals surface area contributed by atoms with Crippen LogP contribution in [-0.2, 0) is 0 Å². The van der Waals surface area contributed by atoms with Gasteiger partial charge in [-0.1, -0.05) is 6.07 Å². The minimum Gasteiger partial charge on any atom is -0.387 e. The first-order valence-electron chi connectivity index (χ1n) is 4.31. The van der Waals surface area contributed by atoms with E-state index in [-0.39, 0.29) is 5.56 Å². The molecule has 0 spiro atoms. The maximum Gasteiger partial charge on any atom is 0.305 e. The molecule has 1 aromatic carbocycles. The number of nitrogens with zero attached hydrogens (tertiary/aromatic N) is 1. The van der Waals surface area contributed by atoms with Crippen LogP contribution in [-0.4, -0.2) is 16.1 Å². The Morgan fingerprint density at radius 1 is 1.60 bits per heavy atom. The second-order valence-corrected chi connectivity index (χ2v) is 3.27. The van der Waals surface area contributed by atoms with Crippen LogP contribution in [0, 0.1) is 15.9 Å². The van der Waals surface area contributed by atoms with Crippen LogP contribution in [0.3, 0.4) is 0 Å². The van der Waals surface area contributed by atoms with Gasteiger partial charge in [-0.25, -0.2) is 0 Å². The van der Waals surface area contributed by atoms with Crippen molar-refractivity contribution in [1.29, 1.82) is 0 Å². The lowest BCUT2D eigenvalue weighted by Gasteiger charge is -2.14. The lowest BCUT2D eigenvalue weighted by molar-refractivity contribution is -0.387. The molecule has 1 rings (SSSR count). The first-order chi connectivity index (χ1) is 6.93. The number of rotatable bonds is 3. The number of nitro benzene ring substituents is 1. The normalized spacial score (nSPS) is 14.7. The maximum absolute atomic E-state index is 12.9. The van der Waals surface area contributed by atoms with Crippen LogP contribution in [0.2, 0.25) is 0 Å². The van der Waals surface area contributed by atoms with Gasteiger partial charge in [0.25, 0.3) is 0 Å². The molecule has 82 valence electrons. The summed E-state index contributed by atoms with van der Waals surface area (Å²) in [4.78, 5) is 9.58. The van der Waals surface area contributed by atoms with Gasteiger partial charge in [-0.15, -0.1) is 0 Å². The van der Waals surface area contributed by atoms with Gasteiger partial charge in [0, 0.05) is 12.1 Å². The summed E-state index contributed by atoms with van der Waals surface area (Å²) in [6.45, 7) is 1.56. The number of hydrogen-bond donors (Lipinski definition) is 2. The molecule has 0 aliphatic rings. The van der Waals surface area contributed by atoms with Gasteiger partial charge in [0.1, 0.15) is 0 Å². The molecule has 15 heavy (non-hydrogen) atoms. The van der Waals surface area contributed by atoms with Gasteiger partial charge in [-0.3, -0.25) is 10.1 Å². The molecular weight excluding hydrogens is 203 g/mol. The summed E-state index contributed by atoms with van der Waals surface area (Å²) in [5.41, 5.74) is 4.99. The summed E-state index contributed by atoms with van der Waals surface area (Å²) < 4.78 is 12.9. The fraction of sp³-hybridized carbons (Fsp3) is 0.333. The van der Waals surface area contributed by atoms with Crippen LogP contribution in [0.15, 0.2) is 18.2 Å². The fourth-order valence-electron chi connectivity index (χ4n) is 1.16. The second kappa shape index (κ2) is 4.33. The molecule has 6 heteroatoms. The highest BCUT2D eigenvalue weighted by Crippen LogP contribution is 2.23. The van der Waals surface area contributed by atoms with Crippen molar-refractivity contribution in [3.63, 3.8) is 0 Å². The number of benzene rings is 1. The molecule has 1 aromatic rings. The molecule has 0 aliphatic heterocycles. The lowest BCUT2D eigenvalue weighted by atomic mass is 10.0. The Labute approximate surface area is 85.5 Å². The van der Waals surface area contributed by atoms with Crippen LogP contribution in [0.25, 0.3) is 0 Å². The van der Waals surface area contributed by atoms with Crippen molar-refractivity contribution >= 4 is 5.69 Å². The molecule has 0 fully saturated rings. The minimum atomic E-state index is -1.04. The Balaban J connectivity index is 3.13. The highest BCUT2D eigenvalue weighted by molar-refractivity contribution is 5.37. The average molecular weight is 214 g/mol. The van der Waals surface area contributed by atoms with Crippen molar-refractivity contribution in [2.45, 2.75) is 19.1 Å². The first kappa shape index (κ1) is 11.5. The number of aliphatic hydroxyl groups is 1. The first-order valence-corrected chi connectivity index (χ1v) is 4.31. The Bertz CT molecular complexity index is 382. The van der Waals surface area contributed by atoms with Gasteiger partial charge in [0.15, 0.2) is 0 Å². The Morgan fingerprint density at radius 2 is 2.20 bits per heavy atom. The molecule has 3 N–H and O–H groups in total. The summed E-state index contributed by atoms with van der Waals surface area (Å²) in [5, 5.41) is 19.9. The van der Waals surface area contributed by atoms with E-state index in [9.17, 15) is 19.6 Å². The second-order valence-electron chi connectivity index (χ2n) is 3.27. The van der Waals surface area contributed by atoms with Crippen LogP contribution >= 0.6 is 0 Å². The molecule has 0 aliphatic carbocycles. The zero-order valence-electron chi connectivity index (χ0n) is 8.05.